The van der Waals surface area contributed by atoms with E-state index in [2.05, 4.69) is 11.9 Å². The molecule has 2 atom stereocenters. The number of hydrogen-bond acceptors (Lipinski definition) is 4. The van der Waals surface area contributed by atoms with E-state index in [-0.39, 0.29) is 18.4 Å². The van der Waals surface area contributed by atoms with Crippen molar-refractivity contribution in [2.75, 3.05) is 27.2 Å². The summed E-state index contributed by atoms with van der Waals surface area (Å²) in [6, 6.07) is 5.84. The first kappa shape index (κ1) is 17.1. The fraction of sp³-hybridized carbons (Fsp3) is 0.632. The molecule has 1 saturated heterocycles. The van der Waals surface area contributed by atoms with Crippen LogP contribution in [0.5, 0.6) is 11.5 Å². The van der Waals surface area contributed by atoms with Gasteiger partial charge in [-0.25, -0.2) is 0 Å². The zero-order valence-corrected chi connectivity index (χ0v) is 14.5. The number of piperidine rings is 1. The Kier molecular flexibility index (Phi) is 5.29. The van der Waals surface area contributed by atoms with Crippen molar-refractivity contribution in [1.82, 2.24) is 4.90 Å². The molecule has 2 unspecified atom stereocenters. The summed E-state index contributed by atoms with van der Waals surface area (Å²) in [5, 5.41) is 9.32. The van der Waals surface area contributed by atoms with Gasteiger partial charge in [0.05, 0.1) is 13.5 Å². The van der Waals surface area contributed by atoms with E-state index in [0.717, 1.165) is 50.1 Å². The van der Waals surface area contributed by atoms with Crippen molar-refractivity contribution >= 4 is 5.97 Å². The Hall–Kier alpha value is -1.75. The molecule has 24 heavy (non-hydrogen) atoms. The number of nitrogens with zero attached hydrogens (tertiary/aromatic N) is 1. The summed E-state index contributed by atoms with van der Waals surface area (Å²) in [4.78, 5) is 13.6. The fourth-order valence-corrected chi connectivity index (χ4v) is 3.71. The van der Waals surface area contributed by atoms with E-state index in [1.165, 1.54) is 0 Å². The van der Waals surface area contributed by atoms with Crippen molar-refractivity contribution < 1.29 is 19.4 Å². The standard InChI is InChI=1S/C19H27NO4/c1-20-10-4-5-14(12-20)24-19-15(6-3-7-17(19)23-2)16(11-18(21)22)13-8-9-13/h3,6-7,13-14,16H,4-5,8-12H2,1-2H3,(H,21,22). The molecule has 0 aromatic heterocycles. The Labute approximate surface area is 143 Å². The molecule has 1 N–H and O–H groups in total. The number of carboxylic acids is 1. The molecule has 1 aromatic carbocycles. The maximum absolute atomic E-state index is 11.3. The molecule has 1 aliphatic heterocycles. The average Bonchev–Trinajstić information content (AvgIpc) is 3.38. The predicted molar refractivity (Wildman–Crippen MR) is 91.9 cm³/mol. The third-order valence-electron chi connectivity index (χ3n) is 5.08. The van der Waals surface area contributed by atoms with E-state index >= 15 is 0 Å². The van der Waals surface area contributed by atoms with Crippen LogP contribution in [-0.4, -0.2) is 49.3 Å². The predicted octanol–water partition coefficient (Wildman–Crippen LogP) is 3.14. The quantitative estimate of drug-likeness (QED) is 0.831. The first-order valence-corrected chi connectivity index (χ1v) is 8.82. The van der Waals surface area contributed by atoms with E-state index in [0.29, 0.717) is 11.7 Å². The molecule has 1 aliphatic carbocycles. The molecule has 1 saturated carbocycles. The minimum Gasteiger partial charge on any atom is -0.493 e. The number of hydrogen-bond donors (Lipinski definition) is 1. The van der Waals surface area contributed by atoms with Crippen LogP contribution >= 0.6 is 0 Å². The van der Waals surface area contributed by atoms with Gasteiger partial charge >= 0.3 is 5.97 Å². The lowest BCUT2D eigenvalue weighted by Gasteiger charge is -2.31. The largest absolute Gasteiger partial charge is 0.493 e. The molecular weight excluding hydrogens is 306 g/mol. The van der Waals surface area contributed by atoms with E-state index < -0.39 is 5.97 Å². The second-order valence-electron chi connectivity index (χ2n) is 7.06. The molecule has 0 amide bonds. The van der Waals surface area contributed by atoms with Gasteiger partial charge in [0.25, 0.3) is 0 Å². The van der Waals surface area contributed by atoms with Crippen LogP contribution in [0.3, 0.4) is 0 Å². The van der Waals surface area contributed by atoms with Gasteiger partial charge in [-0.1, -0.05) is 12.1 Å². The molecule has 0 spiro atoms. The second kappa shape index (κ2) is 7.43. The SMILES string of the molecule is COc1cccc(C(CC(=O)O)C2CC2)c1OC1CCCN(C)C1. The van der Waals surface area contributed by atoms with Gasteiger partial charge in [0, 0.05) is 18.0 Å². The Morgan fingerprint density at radius 1 is 1.38 bits per heavy atom. The molecule has 5 nitrogen and oxygen atoms in total. The fourth-order valence-electron chi connectivity index (χ4n) is 3.71. The number of carbonyl (C=O) groups is 1. The summed E-state index contributed by atoms with van der Waals surface area (Å²) < 4.78 is 11.9. The summed E-state index contributed by atoms with van der Waals surface area (Å²) in [5.74, 6) is 1.16. The Morgan fingerprint density at radius 2 is 2.17 bits per heavy atom. The van der Waals surface area contributed by atoms with E-state index in [4.69, 9.17) is 9.47 Å². The highest BCUT2D eigenvalue weighted by atomic mass is 16.5. The number of likely N-dealkylation sites (N-methyl/N-ethyl adjacent to an activating group) is 1. The van der Waals surface area contributed by atoms with Gasteiger partial charge in [-0.3, -0.25) is 4.79 Å². The summed E-state index contributed by atoms with van der Waals surface area (Å²) >= 11 is 0. The highest BCUT2D eigenvalue weighted by Crippen LogP contribution is 2.49. The number of para-hydroxylation sites is 1. The smallest absolute Gasteiger partial charge is 0.303 e. The average molecular weight is 333 g/mol. The molecule has 3 rings (SSSR count). The third kappa shape index (κ3) is 4.01. The number of aliphatic carboxylic acids is 1. The van der Waals surface area contributed by atoms with Crippen LogP contribution in [0.25, 0.3) is 0 Å². The van der Waals surface area contributed by atoms with Gasteiger partial charge in [-0.15, -0.1) is 0 Å². The summed E-state index contributed by atoms with van der Waals surface area (Å²) in [5.41, 5.74) is 0.993. The molecule has 0 radical (unpaired) electrons. The molecule has 2 fully saturated rings. The lowest BCUT2D eigenvalue weighted by Crippen LogP contribution is -2.38. The first-order valence-electron chi connectivity index (χ1n) is 8.82. The number of methoxy groups -OCH3 is 1. The van der Waals surface area contributed by atoms with Gasteiger partial charge < -0.3 is 19.5 Å². The summed E-state index contributed by atoms with van der Waals surface area (Å²) in [6.45, 7) is 1.99. The van der Waals surface area contributed by atoms with E-state index in [9.17, 15) is 9.90 Å². The number of benzene rings is 1. The number of likely N-dealkylation sites (tertiary alicyclic amines) is 1. The van der Waals surface area contributed by atoms with Crippen LogP contribution in [0.4, 0.5) is 0 Å². The van der Waals surface area contributed by atoms with E-state index in [1.807, 2.05) is 18.2 Å². The highest BCUT2D eigenvalue weighted by Gasteiger charge is 2.36. The van der Waals surface area contributed by atoms with Gasteiger partial charge in [0.15, 0.2) is 11.5 Å². The Balaban J connectivity index is 1.88. The minimum absolute atomic E-state index is 0.00826. The maximum atomic E-state index is 11.3. The first-order chi connectivity index (χ1) is 11.6. The molecule has 5 heteroatoms. The van der Waals surface area contributed by atoms with Crippen molar-refractivity contribution in [3.63, 3.8) is 0 Å². The molecule has 1 heterocycles. The van der Waals surface area contributed by atoms with Crippen LogP contribution in [0, 0.1) is 5.92 Å². The monoisotopic (exact) mass is 333 g/mol. The van der Waals surface area contributed by atoms with Crippen LogP contribution in [0.1, 0.15) is 43.6 Å². The second-order valence-corrected chi connectivity index (χ2v) is 7.06. The zero-order valence-electron chi connectivity index (χ0n) is 14.5. The summed E-state index contributed by atoms with van der Waals surface area (Å²) in [7, 11) is 3.75. The van der Waals surface area contributed by atoms with Crippen LogP contribution in [-0.2, 0) is 4.79 Å². The third-order valence-corrected chi connectivity index (χ3v) is 5.08. The van der Waals surface area contributed by atoms with E-state index in [1.54, 1.807) is 7.11 Å². The summed E-state index contributed by atoms with van der Waals surface area (Å²) in [6.07, 6.45) is 4.62. The molecular formula is C19H27NO4. The maximum Gasteiger partial charge on any atom is 0.303 e. The number of carboxylic acid groups (broad SMARTS) is 1. The van der Waals surface area contributed by atoms with Gasteiger partial charge in [0.1, 0.15) is 6.10 Å². The van der Waals surface area contributed by atoms with Gasteiger partial charge in [-0.2, -0.15) is 0 Å². The lowest BCUT2D eigenvalue weighted by molar-refractivity contribution is -0.137. The van der Waals surface area contributed by atoms with Crippen molar-refractivity contribution in [2.45, 2.75) is 44.1 Å². The van der Waals surface area contributed by atoms with Crippen molar-refractivity contribution in [3.05, 3.63) is 23.8 Å². The lowest BCUT2D eigenvalue weighted by atomic mass is 9.90. The molecule has 132 valence electrons. The van der Waals surface area contributed by atoms with Crippen molar-refractivity contribution in [1.29, 1.82) is 0 Å². The molecule has 1 aromatic rings. The minimum atomic E-state index is -0.752. The number of rotatable bonds is 7. The van der Waals surface area contributed by atoms with Gasteiger partial charge in [-0.05, 0) is 51.3 Å². The number of ether oxygens (including phenoxy) is 2. The highest BCUT2D eigenvalue weighted by molar-refractivity contribution is 5.69. The Bertz CT molecular complexity index is 585. The van der Waals surface area contributed by atoms with Crippen molar-refractivity contribution in [2.24, 2.45) is 5.92 Å². The molecule has 0 bridgehead atoms. The van der Waals surface area contributed by atoms with Crippen LogP contribution in [0.15, 0.2) is 18.2 Å². The molecule has 2 aliphatic rings. The van der Waals surface area contributed by atoms with Crippen LogP contribution in [0.2, 0.25) is 0 Å². The van der Waals surface area contributed by atoms with Gasteiger partial charge in [0.2, 0.25) is 0 Å². The van der Waals surface area contributed by atoms with Crippen molar-refractivity contribution in [3.8, 4) is 11.5 Å². The van der Waals surface area contributed by atoms with Crippen LogP contribution < -0.4 is 9.47 Å². The topological polar surface area (TPSA) is 59.0 Å². The Morgan fingerprint density at radius 3 is 2.79 bits per heavy atom. The zero-order chi connectivity index (χ0) is 17.1. The normalized spacial score (nSPS) is 22.8.